The molecule has 86 valence electrons. The second kappa shape index (κ2) is 4.67. The molecule has 0 unspecified atom stereocenters. The highest BCUT2D eigenvalue weighted by atomic mass is 19.4. The molecule has 6 heteroatoms. The van der Waals surface area contributed by atoms with Gasteiger partial charge in [0.1, 0.15) is 0 Å². The predicted molar refractivity (Wildman–Crippen MR) is 50.9 cm³/mol. The van der Waals surface area contributed by atoms with Gasteiger partial charge >= 0.3 is 6.18 Å². The van der Waals surface area contributed by atoms with Gasteiger partial charge in [-0.1, -0.05) is 0 Å². The van der Waals surface area contributed by atoms with Gasteiger partial charge in [-0.25, -0.2) is 0 Å². The number of carbonyl (C=O) groups excluding carboxylic acids is 1. The molecule has 0 aliphatic rings. The van der Waals surface area contributed by atoms with Crippen LogP contribution in [-0.4, -0.2) is 6.29 Å². The molecule has 1 aromatic carbocycles. The first-order valence-electron chi connectivity index (χ1n) is 4.41. The number of rotatable bonds is 2. The molecule has 3 nitrogen and oxygen atoms in total. The van der Waals surface area contributed by atoms with Gasteiger partial charge in [-0.15, -0.1) is 0 Å². The van der Waals surface area contributed by atoms with Crippen molar-refractivity contribution in [2.45, 2.75) is 12.6 Å². The Morgan fingerprint density at radius 1 is 1.29 bits per heavy atom. The van der Waals surface area contributed by atoms with Gasteiger partial charge in [-0.3, -0.25) is 4.79 Å². The highest BCUT2D eigenvalue weighted by Gasteiger charge is 2.37. The quantitative estimate of drug-likeness (QED) is 0.743. The average molecular weight is 238 g/mol. The molecule has 0 bridgehead atoms. The Balaban J connectivity index is 3.67. The van der Waals surface area contributed by atoms with E-state index in [-0.39, 0.29) is 11.8 Å². The molecule has 0 atom stereocenters. The van der Waals surface area contributed by atoms with Gasteiger partial charge in [-0.05, 0) is 17.7 Å². The topological polar surface area (TPSA) is 64.7 Å². The molecule has 1 rings (SSSR count). The van der Waals surface area contributed by atoms with E-state index in [1.807, 2.05) is 0 Å². The number of benzene rings is 1. The van der Waals surface area contributed by atoms with E-state index >= 15 is 0 Å². The minimum absolute atomic E-state index is 0.0604. The molecule has 0 N–H and O–H groups in total. The Bertz CT molecular complexity index is 535. The fourth-order valence-electron chi connectivity index (χ4n) is 1.47. The number of halogens is 3. The number of aldehydes is 1. The Hall–Kier alpha value is -2.34. The molecular formula is C11H5F3N2O. The van der Waals surface area contributed by atoms with Crippen LogP contribution in [0.1, 0.15) is 27.0 Å². The molecule has 0 aliphatic carbocycles. The van der Waals surface area contributed by atoms with Gasteiger partial charge in [0.25, 0.3) is 0 Å². The van der Waals surface area contributed by atoms with Crippen LogP contribution in [0.5, 0.6) is 0 Å². The molecule has 0 radical (unpaired) electrons. The lowest BCUT2D eigenvalue weighted by Crippen LogP contribution is -2.14. The van der Waals surface area contributed by atoms with Crippen molar-refractivity contribution in [2.24, 2.45) is 0 Å². The summed E-state index contributed by atoms with van der Waals surface area (Å²) in [6.45, 7) is 0. The van der Waals surface area contributed by atoms with Crippen LogP contribution in [0.3, 0.4) is 0 Å². The molecule has 0 spiro atoms. The lowest BCUT2D eigenvalue weighted by atomic mass is 9.94. The van der Waals surface area contributed by atoms with Gasteiger partial charge in [-0.2, -0.15) is 23.7 Å². The third-order valence-electron chi connectivity index (χ3n) is 2.13. The zero-order chi connectivity index (χ0) is 13.1. The van der Waals surface area contributed by atoms with E-state index < -0.39 is 29.3 Å². The standard InChI is InChI=1S/C11H5F3N2O/c12-11(13,14)10-8(6-17)2-1-7(5-16)9(10)3-4-15/h1-2,6H,3H2. The maximum atomic E-state index is 12.8. The molecule has 0 fully saturated rings. The van der Waals surface area contributed by atoms with Crippen molar-refractivity contribution in [3.8, 4) is 12.1 Å². The minimum atomic E-state index is -4.77. The Kier molecular flexibility index (Phi) is 3.49. The molecule has 0 aliphatic heterocycles. The monoisotopic (exact) mass is 238 g/mol. The maximum Gasteiger partial charge on any atom is 0.417 e. The third kappa shape index (κ3) is 2.43. The normalized spacial score (nSPS) is 10.4. The zero-order valence-corrected chi connectivity index (χ0v) is 8.38. The van der Waals surface area contributed by atoms with E-state index in [4.69, 9.17) is 10.5 Å². The highest BCUT2D eigenvalue weighted by molar-refractivity contribution is 5.79. The Labute approximate surface area is 94.7 Å². The average Bonchev–Trinajstić information content (AvgIpc) is 2.27. The third-order valence-corrected chi connectivity index (χ3v) is 2.13. The van der Waals surface area contributed by atoms with Gasteiger partial charge in [0.05, 0.1) is 29.7 Å². The van der Waals surface area contributed by atoms with Gasteiger partial charge < -0.3 is 0 Å². The number of hydrogen-bond donors (Lipinski definition) is 0. The first-order valence-corrected chi connectivity index (χ1v) is 4.41. The summed E-state index contributed by atoms with van der Waals surface area (Å²) in [7, 11) is 0. The molecule has 0 amide bonds. The number of carbonyl (C=O) groups is 1. The summed E-state index contributed by atoms with van der Waals surface area (Å²) in [5.41, 5.74) is -2.47. The number of hydrogen-bond acceptors (Lipinski definition) is 3. The van der Waals surface area contributed by atoms with Crippen molar-refractivity contribution in [1.82, 2.24) is 0 Å². The van der Waals surface area contributed by atoms with E-state index in [9.17, 15) is 18.0 Å². The van der Waals surface area contributed by atoms with Gasteiger partial charge in [0, 0.05) is 5.56 Å². The van der Waals surface area contributed by atoms with Gasteiger partial charge in [0.2, 0.25) is 0 Å². The van der Waals surface area contributed by atoms with Crippen molar-refractivity contribution in [3.05, 3.63) is 34.4 Å². The first-order chi connectivity index (χ1) is 7.95. The minimum Gasteiger partial charge on any atom is -0.298 e. The van der Waals surface area contributed by atoms with Crippen molar-refractivity contribution < 1.29 is 18.0 Å². The van der Waals surface area contributed by atoms with Crippen LogP contribution in [0, 0.1) is 22.7 Å². The van der Waals surface area contributed by atoms with Crippen LogP contribution >= 0.6 is 0 Å². The van der Waals surface area contributed by atoms with Crippen LogP contribution in [0.2, 0.25) is 0 Å². The van der Waals surface area contributed by atoms with Crippen molar-refractivity contribution >= 4 is 6.29 Å². The van der Waals surface area contributed by atoms with Crippen molar-refractivity contribution in [1.29, 1.82) is 10.5 Å². The molecular weight excluding hydrogens is 233 g/mol. The van der Waals surface area contributed by atoms with E-state index in [0.717, 1.165) is 12.1 Å². The SMILES string of the molecule is N#CCc1c(C#N)ccc(C=O)c1C(F)(F)F. The molecule has 0 saturated carbocycles. The summed E-state index contributed by atoms with van der Waals surface area (Å²) in [4.78, 5) is 10.6. The number of nitrogens with zero attached hydrogens (tertiary/aromatic N) is 2. The summed E-state index contributed by atoms with van der Waals surface area (Å²) in [6, 6.07) is 5.16. The smallest absolute Gasteiger partial charge is 0.298 e. The summed E-state index contributed by atoms with van der Waals surface area (Å²) in [6.07, 6.45) is -5.28. The molecule has 1 aromatic rings. The second-order valence-corrected chi connectivity index (χ2v) is 3.12. The first kappa shape index (κ1) is 12.7. The van der Waals surface area contributed by atoms with Crippen LogP contribution in [-0.2, 0) is 12.6 Å². The summed E-state index contributed by atoms with van der Waals surface area (Å²) in [5.74, 6) is 0. The van der Waals surface area contributed by atoms with Crippen molar-refractivity contribution in [3.63, 3.8) is 0 Å². The predicted octanol–water partition coefficient (Wildman–Crippen LogP) is 2.46. The molecule has 17 heavy (non-hydrogen) atoms. The lowest BCUT2D eigenvalue weighted by Gasteiger charge is -2.14. The number of nitriles is 2. The van der Waals surface area contributed by atoms with Crippen LogP contribution in [0.25, 0.3) is 0 Å². The van der Waals surface area contributed by atoms with E-state index in [1.54, 1.807) is 12.1 Å². The highest BCUT2D eigenvalue weighted by Crippen LogP contribution is 2.35. The van der Waals surface area contributed by atoms with Gasteiger partial charge in [0.15, 0.2) is 6.29 Å². The van der Waals surface area contributed by atoms with E-state index in [0.29, 0.717) is 0 Å². The fourth-order valence-corrected chi connectivity index (χ4v) is 1.47. The lowest BCUT2D eigenvalue weighted by molar-refractivity contribution is -0.138. The Morgan fingerprint density at radius 2 is 1.94 bits per heavy atom. The fraction of sp³-hybridized carbons (Fsp3) is 0.182. The largest absolute Gasteiger partial charge is 0.417 e. The number of alkyl halides is 3. The van der Waals surface area contributed by atoms with E-state index in [1.165, 1.54) is 0 Å². The van der Waals surface area contributed by atoms with Crippen molar-refractivity contribution in [2.75, 3.05) is 0 Å². The second-order valence-electron chi connectivity index (χ2n) is 3.12. The Morgan fingerprint density at radius 3 is 2.35 bits per heavy atom. The van der Waals surface area contributed by atoms with Crippen LogP contribution < -0.4 is 0 Å². The molecule has 0 saturated heterocycles. The summed E-state index contributed by atoms with van der Waals surface area (Å²) >= 11 is 0. The summed E-state index contributed by atoms with van der Waals surface area (Å²) < 4.78 is 38.3. The molecule has 0 aromatic heterocycles. The summed E-state index contributed by atoms with van der Waals surface area (Å²) in [5, 5.41) is 17.2. The maximum absolute atomic E-state index is 12.8. The molecule has 0 heterocycles. The zero-order valence-electron chi connectivity index (χ0n) is 8.38. The van der Waals surface area contributed by atoms with E-state index in [2.05, 4.69) is 0 Å². The van der Waals surface area contributed by atoms with Crippen LogP contribution in [0.15, 0.2) is 12.1 Å². The van der Waals surface area contributed by atoms with Crippen LogP contribution in [0.4, 0.5) is 13.2 Å².